The van der Waals surface area contributed by atoms with Crippen LogP contribution in [0.3, 0.4) is 0 Å². The van der Waals surface area contributed by atoms with E-state index in [4.69, 9.17) is 14.2 Å². The van der Waals surface area contributed by atoms with Gasteiger partial charge in [-0.15, -0.1) is 0 Å². The van der Waals surface area contributed by atoms with Crippen molar-refractivity contribution in [2.24, 2.45) is 28.2 Å². The molecule has 4 aliphatic carbocycles. The van der Waals surface area contributed by atoms with Crippen molar-refractivity contribution in [3.63, 3.8) is 0 Å². The summed E-state index contributed by atoms with van der Waals surface area (Å²) in [7, 11) is 3.09. The van der Waals surface area contributed by atoms with E-state index in [1.807, 2.05) is 0 Å². The fourth-order valence-electron chi connectivity index (χ4n) is 6.28. The number of nitrogens with one attached hydrogen (secondary N) is 1. The van der Waals surface area contributed by atoms with Crippen LogP contribution in [-0.4, -0.2) is 38.5 Å². The smallest absolute Gasteiger partial charge is 0.363 e. The first-order valence-corrected chi connectivity index (χ1v) is 11.0. The highest BCUT2D eigenvalue weighted by molar-refractivity contribution is 6.09. The number of hydrogen-bond acceptors (Lipinski definition) is 6. The molecule has 1 heterocycles. The number of carbonyl (C=O) groups is 2. The van der Waals surface area contributed by atoms with Crippen molar-refractivity contribution in [3.8, 4) is 11.5 Å². The number of methoxy groups -OCH3 is 1. The van der Waals surface area contributed by atoms with Crippen LogP contribution in [0.5, 0.6) is 11.5 Å². The van der Waals surface area contributed by atoms with Crippen molar-refractivity contribution in [1.82, 2.24) is 5.32 Å². The molecule has 1 aromatic rings. The van der Waals surface area contributed by atoms with Gasteiger partial charge in [-0.1, -0.05) is 6.07 Å². The summed E-state index contributed by atoms with van der Waals surface area (Å²) in [5.74, 6) is 3.24. The van der Waals surface area contributed by atoms with Crippen LogP contribution in [0, 0.1) is 23.2 Å². The van der Waals surface area contributed by atoms with Gasteiger partial charge >= 0.3 is 5.97 Å². The maximum atomic E-state index is 12.6. The normalized spacial score (nSPS) is 32.1. The van der Waals surface area contributed by atoms with Gasteiger partial charge in [0.25, 0.3) is 5.91 Å². The topological polar surface area (TPSA) is 86.2 Å². The number of benzene rings is 1. The Kier molecular flexibility index (Phi) is 4.99. The Hall–Kier alpha value is -2.83. The summed E-state index contributed by atoms with van der Waals surface area (Å²) in [5.41, 5.74) is 1.04. The minimum absolute atomic E-state index is 0.0464. The molecule has 6 rings (SSSR count). The number of hydrogen-bond donors (Lipinski definition) is 1. The number of aliphatic imine (C=N–C) groups is 1. The van der Waals surface area contributed by atoms with Crippen LogP contribution in [0.1, 0.15) is 44.1 Å². The quantitative estimate of drug-likeness (QED) is 0.559. The highest BCUT2D eigenvalue weighted by Crippen LogP contribution is 2.61. The van der Waals surface area contributed by atoms with Gasteiger partial charge in [-0.2, -0.15) is 0 Å². The molecule has 4 bridgehead atoms. The van der Waals surface area contributed by atoms with Crippen molar-refractivity contribution in [2.75, 3.05) is 20.8 Å². The van der Waals surface area contributed by atoms with Crippen LogP contribution >= 0.6 is 0 Å². The van der Waals surface area contributed by atoms with Crippen LogP contribution in [0.2, 0.25) is 0 Å². The van der Waals surface area contributed by atoms with Crippen LogP contribution in [0.25, 0.3) is 6.08 Å². The van der Waals surface area contributed by atoms with Gasteiger partial charge in [-0.25, -0.2) is 9.79 Å². The number of esters is 1. The van der Waals surface area contributed by atoms with Gasteiger partial charge in [0, 0.05) is 12.5 Å². The zero-order valence-corrected chi connectivity index (χ0v) is 18.0. The number of amides is 1. The summed E-state index contributed by atoms with van der Waals surface area (Å²) in [6.07, 6.45) is 9.02. The molecule has 1 aliphatic heterocycles. The molecule has 4 fully saturated rings. The highest BCUT2D eigenvalue weighted by atomic mass is 16.6. The molecule has 7 heteroatoms. The zero-order valence-electron chi connectivity index (χ0n) is 18.0. The van der Waals surface area contributed by atoms with E-state index < -0.39 is 0 Å². The largest absolute Gasteiger partial charge is 0.493 e. The number of nitrogens with zero attached hydrogens (tertiary/aromatic N) is 1. The molecule has 5 aliphatic rings. The van der Waals surface area contributed by atoms with E-state index >= 15 is 0 Å². The molecular formula is C24H28N2O5. The molecule has 0 saturated heterocycles. The van der Waals surface area contributed by atoms with Crippen molar-refractivity contribution in [3.05, 3.63) is 29.5 Å². The Bertz CT molecular complexity index is 945. The predicted octanol–water partition coefficient (Wildman–Crippen LogP) is 3.33. The molecule has 7 nitrogen and oxygen atoms in total. The lowest BCUT2D eigenvalue weighted by atomic mass is 9.49. The second kappa shape index (κ2) is 7.70. The first kappa shape index (κ1) is 20.1. The Morgan fingerprint density at radius 3 is 2.48 bits per heavy atom. The van der Waals surface area contributed by atoms with Gasteiger partial charge in [-0.3, -0.25) is 4.79 Å². The van der Waals surface area contributed by atoms with Crippen molar-refractivity contribution in [1.29, 1.82) is 0 Å². The van der Waals surface area contributed by atoms with Crippen molar-refractivity contribution >= 4 is 23.9 Å². The average Bonchev–Trinajstić information content (AvgIpc) is 3.12. The second-order valence-electron chi connectivity index (χ2n) is 9.41. The summed E-state index contributed by atoms with van der Waals surface area (Å²) < 4.78 is 16.6. The minimum Gasteiger partial charge on any atom is -0.493 e. The first-order chi connectivity index (χ1) is 15.0. The van der Waals surface area contributed by atoms with Crippen LogP contribution in [0.4, 0.5) is 0 Å². The Morgan fingerprint density at radius 1 is 1.19 bits per heavy atom. The molecule has 1 N–H and O–H groups in total. The predicted molar refractivity (Wildman–Crippen MR) is 115 cm³/mol. The number of carbonyl (C=O) groups excluding carboxylic acids is 2. The molecule has 1 aromatic carbocycles. The highest BCUT2D eigenvalue weighted by Gasteiger charge is 2.55. The lowest BCUT2D eigenvalue weighted by Gasteiger charge is -2.55. The van der Waals surface area contributed by atoms with Gasteiger partial charge in [-0.05, 0) is 80.1 Å². The van der Waals surface area contributed by atoms with E-state index in [1.54, 1.807) is 31.3 Å². The van der Waals surface area contributed by atoms with Crippen molar-refractivity contribution < 1.29 is 23.8 Å². The van der Waals surface area contributed by atoms with Gasteiger partial charge in [0.15, 0.2) is 23.8 Å². The molecule has 0 aromatic heterocycles. The molecule has 1 amide bonds. The lowest BCUT2D eigenvalue weighted by molar-refractivity contribution is -0.131. The maximum absolute atomic E-state index is 12.6. The van der Waals surface area contributed by atoms with Crippen LogP contribution < -0.4 is 14.8 Å². The standard InChI is InChI=1S/C24H28N2O5/c1-25-21(27)13-30-19-4-3-14(9-20(19)29-2)8-18-22(28)31-23(26-18)24-10-15-5-16(11-24)7-17(6-15)12-24/h3-4,8-9,15-17H,5-7,10-13H2,1-2H3,(H,25,27)/b18-8-. The lowest BCUT2D eigenvalue weighted by Crippen LogP contribution is -2.50. The fourth-order valence-corrected chi connectivity index (χ4v) is 6.28. The summed E-state index contributed by atoms with van der Waals surface area (Å²) in [5, 5.41) is 2.51. The minimum atomic E-state index is -0.385. The summed E-state index contributed by atoms with van der Waals surface area (Å²) in [6.45, 7) is -0.0989. The third kappa shape index (κ3) is 3.70. The molecule has 0 radical (unpaired) electrons. The van der Waals surface area contributed by atoms with E-state index in [9.17, 15) is 9.59 Å². The summed E-state index contributed by atoms with van der Waals surface area (Å²) in [4.78, 5) is 28.7. The molecule has 0 unspecified atom stereocenters. The van der Waals surface area contributed by atoms with Crippen LogP contribution in [0.15, 0.2) is 28.9 Å². The number of likely N-dealkylation sites (N-methyl/N-ethyl adjacent to an activating group) is 1. The first-order valence-electron chi connectivity index (χ1n) is 11.0. The van der Waals surface area contributed by atoms with Gasteiger partial charge < -0.3 is 19.5 Å². The SMILES string of the molecule is CNC(=O)COc1ccc(/C=C2\N=C(C34CC5CC(CC(C5)C3)C4)OC2=O)cc1OC. The maximum Gasteiger partial charge on any atom is 0.363 e. The number of cyclic esters (lactones) is 1. The third-order valence-corrected chi connectivity index (χ3v) is 7.24. The molecule has 4 saturated carbocycles. The number of ether oxygens (including phenoxy) is 3. The van der Waals surface area contributed by atoms with E-state index in [1.165, 1.54) is 26.4 Å². The Balaban J connectivity index is 1.37. The Labute approximate surface area is 181 Å². The molecule has 31 heavy (non-hydrogen) atoms. The zero-order chi connectivity index (χ0) is 21.6. The van der Waals surface area contributed by atoms with E-state index in [0.717, 1.165) is 42.6 Å². The van der Waals surface area contributed by atoms with E-state index in [2.05, 4.69) is 10.3 Å². The van der Waals surface area contributed by atoms with Crippen molar-refractivity contribution in [2.45, 2.75) is 38.5 Å². The van der Waals surface area contributed by atoms with E-state index in [-0.39, 0.29) is 23.9 Å². The van der Waals surface area contributed by atoms with E-state index in [0.29, 0.717) is 23.1 Å². The molecule has 0 spiro atoms. The van der Waals surface area contributed by atoms with Gasteiger partial charge in [0.05, 0.1) is 7.11 Å². The summed E-state index contributed by atoms with van der Waals surface area (Å²) in [6, 6.07) is 5.29. The number of rotatable bonds is 6. The molecular weight excluding hydrogens is 396 g/mol. The van der Waals surface area contributed by atoms with Crippen LogP contribution in [-0.2, 0) is 14.3 Å². The summed E-state index contributed by atoms with van der Waals surface area (Å²) >= 11 is 0. The fraction of sp³-hybridized carbons (Fsp3) is 0.542. The second-order valence-corrected chi connectivity index (χ2v) is 9.41. The average molecular weight is 424 g/mol. The monoisotopic (exact) mass is 424 g/mol. The molecule has 0 atom stereocenters. The molecule has 164 valence electrons. The third-order valence-electron chi connectivity index (χ3n) is 7.24. The van der Waals surface area contributed by atoms with Gasteiger partial charge in [0.2, 0.25) is 5.90 Å². The Morgan fingerprint density at radius 2 is 1.87 bits per heavy atom. The van der Waals surface area contributed by atoms with Gasteiger partial charge in [0.1, 0.15) is 0 Å².